The minimum absolute atomic E-state index is 0.0220. The van der Waals surface area contributed by atoms with Crippen molar-refractivity contribution in [1.82, 2.24) is 13.8 Å². The molecule has 1 aliphatic carbocycles. The third kappa shape index (κ3) is 3.08. The molecule has 0 N–H and O–H groups in total. The van der Waals surface area contributed by atoms with Gasteiger partial charge in [-0.25, -0.2) is 12.8 Å². The summed E-state index contributed by atoms with van der Waals surface area (Å²) in [6.07, 6.45) is -3.39. The molecule has 1 atom stereocenters. The smallest absolute Gasteiger partial charge is 0.331 e. The number of hydrogen-bond acceptors (Lipinski definition) is 3. The van der Waals surface area contributed by atoms with Crippen LogP contribution in [0.3, 0.4) is 0 Å². The minimum Gasteiger partial charge on any atom is -0.331 e. The molecule has 1 saturated heterocycles. The predicted molar refractivity (Wildman–Crippen MR) is 106 cm³/mol. The van der Waals surface area contributed by atoms with E-state index in [-0.39, 0.29) is 41.7 Å². The number of sulfonamides is 1. The van der Waals surface area contributed by atoms with E-state index in [2.05, 4.69) is 0 Å². The largest absolute Gasteiger partial charge is 0.431 e. The topological polar surface area (TPSA) is 62.6 Å². The van der Waals surface area contributed by atoms with Crippen LogP contribution in [0.2, 0.25) is 0 Å². The van der Waals surface area contributed by atoms with Gasteiger partial charge in [-0.1, -0.05) is 12.1 Å². The summed E-state index contributed by atoms with van der Waals surface area (Å²) in [7, 11) is -3.93. The van der Waals surface area contributed by atoms with Crippen LogP contribution in [0.4, 0.5) is 17.6 Å². The van der Waals surface area contributed by atoms with E-state index in [9.17, 15) is 30.8 Å². The molecule has 0 radical (unpaired) electrons. The van der Waals surface area contributed by atoms with Gasteiger partial charge in [0.25, 0.3) is 5.91 Å². The van der Waals surface area contributed by atoms with Gasteiger partial charge >= 0.3 is 6.18 Å². The highest BCUT2D eigenvalue weighted by Crippen LogP contribution is 2.52. The molecule has 172 valence electrons. The van der Waals surface area contributed by atoms with Crippen LogP contribution in [0.1, 0.15) is 35.9 Å². The Balaban J connectivity index is 1.27. The molecule has 1 aromatic carbocycles. The van der Waals surface area contributed by atoms with Gasteiger partial charge in [-0.05, 0) is 44.0 Å². The molecule has 1 spiro atoms. The zero-order valence-corrected chi connectivity index (χ0v) is 18.0. The molecule has 2 fully saturated rings. The first-order valence-electron chi connectivity index (χ1n) is 10.3. The van der Waals surface area contributed by atoms with Gasteiger partial charge in [0.2, 0.25) is 10.0 Å². The quantitative estimate of drug-likeness (QED) is 0.646. The fourth-order valence-electron chi connectivity index (χ4n) is 5.37. The average Bonchev–Trinajstić information content (AvgIpc) is 3.06. The monoisotopic (exact) mass is 471 g/mol. The molecule has 1 saturated carbocycles. The van der Waals surface area contributed by atoms with Crippen LogP contribution in [-0.4, -0.2) is 53.3 Å². The van der Waals surface area contributed by atoms with Gasteiger partial charge in [0.1, 0.15) is 22.1 Å². The normalized spacial score (nSPS) is 23.7. The molecule has 3 aliphatic rings. The van der Waals surface area contributed by atoms with Gasteiger partial charge in [-0.3, -0.25) is 4.79 Å². The SMILES string of the molecule is C[C@@H]1Cn2c(ccc2C(F)(F)F)C(=O)N1C1CC2(C1)CN(S(=O)(=O)c1ccccc1F)C2. The molecular weight excluding hydrogens is 450 g/mol. The number of amides is 1. The number of aromatic nitrogens is 1. The lowest BCUT2D eigenvalue weighted by atomic mass is 9.61. The second kappa shape index (κ2) is 6.80. The second-order valence-electron chi connectivity index (χ2n) is 9.04. The van der Waals surface area contributed by atoms with E-state index >= 15 is 0 Å². The van der Waals surface area contributed by atoms with Crippen molar-refractivity contribution in [1.29, 1.82) is 0 Å². The van der Waals surface area contributed by atoms with Gasteiger partial charge < -0.3 is 9.47 Å². The highest BCUT2D eigenvalue weighted by molar-refractivity contribution is 7.89. The Morgan fingerprint density at radius 3 is 2.34 bits per heavy atom. The summed E-state index contributed by atoms with van der Waals surface area (Å²) in [4.78, 5) is 14.2. The molecule has 6 nitrogen and oxygen atoms in total. The van der Waals surface area contributed by atoms with Gasteiger partial charge in [0.05, 0.1) is 0 Å². The number of fused-ring (bicyclic) bond motifs is 1. The van der Waals surface area contributed by atoms with Crippen molar-refractivity contribution in [3.05, 3.63) is 53.6 Å². The Kier molecular flexibility index (Phi) is 4.56. The maximum absolute atomic E-state index is 14.0. The lowest BCUT2D eigenvalue weighted by Crippen LogP contribution is -2.69. The number of nitrogens with zero attached hydrogens (tertiary/aromatic N) is 3. The van der Waals surface area contributed by atoms with Crippen molar-refractivity contribution >= 4 is 15.9 Å². The van der Waals surface area contributed by atoms with Crippen LogP contribution in [0.5, 0.6) is 0 Å². The Morgan fingerprint density at radius 2 is 1.72 bits per heavy atom. The molecule has 2 aliphatic heterocycles. The summed E-state index contributed by atoms with van der Waals surface area (Å²) in [6, 6.07) is 6.80. The van der Waals surface area contributed by atoms with E-state index in [1.165, 1.54) is 28.6 Å². The van der Waals surface area contributed by atoms with Gasteiger partial charge in [0, 0.05) is 37.1 Å². The summed E-state index contributed by atoms with van der Waals surface area (Å²) in [5.41, 5.74) is -1.08. The summed E-state index contributed by atoms with van der Waals surface area (Å²) >= 11 is 0. The van der Waals surface area contributed by atoms with Crippen LogP contribution in [0.15, 0.2) is 41.3 Å². The Morgan fingerprint density at radius 1 is 1.06 bits per heavy atom. The third-order valence-corrected chi connectivity index (χ3v) is 8.68. The number of hydrogen-bond donors (Lipinski definition) is 0. The maximum Gasteiger partial charge on any atom is 0.431 e. The summed E-state index contributed by atoms with van der Waals surface area (Å²) in [5, 5.41) is 0. The molecular formula is C21H21F4N3O3S. The van der Waals surface area contributed by atoms with Crippen LogP contribution in [0.25, 0.3) is 0 Å². The molecule has 11 heteroatoms. The molecule has 1 aromatic heterocycles. The molecule has 1 amide bonds. The van der Waals surface area contributed by atoms with E-state index in [0.717, 1.165) is 16.7 Å². The number of carbonyl (C=O) groups excluding carboxylic acids is 1. The standard InChI is InChI=1S/C21H21F4N3O3S/c1-13-10-27-16(6-7-18(27)21(23,24)25)19(29)28(13)14-8-20(9-14)11-26(12-20)32(30,31)17-5-3-2-4-15(17)22/h2-7,13-14H,8-12H2,1H3/t13-/m1/s1. The van der Waals surface area contributed by atoms with Gasteiger partial charge in [-0.2, -0.15) is 17.5 Å². The van der Waals surface area contributed by atoms with E-state index in [1.54, 1.807) is 11.8 Å². The van der Waals surface area contributed by atoms with Crippen LogP contribution >= 0.6 is 0 Å². The number of benzene rings is 1. The van der Waals surface area contributed by atoms with Crippen LogP contribution in [-0.2, 0) is 22.7 Å². The highest BCUT2D eigenvalue weighted by Gasteiger charge is 2.58. The van der Waals surface area contributed by atoms with E-state index < -0.39 is 39.7 Å². The summed E-state index contributed by atoms with van der Waals surface area (Å²) < 4.78 is 81.3. The third-order valence-electron chi connectivity index (χ3n) is 6.86. The fraction of sp³-hybridized carbons (Fsp3) is 0.476. The van der Waals surface area contributed by atoms with Crippen LogP contribution in [0, 0.1) is 11.2 Å². The van der Waals surface area contributed by atoms with Crippen molar-refractivity contribution < 1.29 is 30.8 Å². The summed E-state index contributed by atoms with van der Waals surface area (Å²) in [6.45, 7) is 2.26. The number of carbonyl (C=O) groups is 1. The maximum atomic E-state index is 14.0. The number of halogens is 4. The van der Waals surface area contributed by atoms with Crippen molar-refractivity contribution in [2.24, 2.45) is 5.41 Å². The second-order valence-corrected chi connectivity index (χ2v) is 10.9. The van der Waals surface area contributed by atoms with Crippen LogP contribution < -0.4 is 0 Å². The van der Waals surface area contributed by atoms with Crippen molar-refractivity contribution in [2.45, 2.75) is 49.5 Å². The van der Waals surface area contributed by atoms with Crippen molar-refractivity contribution in [3.63, 3.8) is 0 Å². The average molecular weight is 471 g/mol. The molecule has 0 unspecified atom stereocenters. The Hall–Kier alpha value is -2.40. The van der Waals surface area contributed by atoms with E-state index in [0.29, 0.717) is 12.8 Å². The molecule has 32 heavy (non-hydrogen) atoms. The zero-order valence-electron chi connectivity index (χ0n) is 17.1. The van der Waals surface area contributed by atoms with Gasteiger partial charge in [0.15, 0.2) is 0 Å². The Bertz CT molecular complexity index is 1190. The first-order valence-corrected chi connectivity index (χ1v) is 11.7. The molecule has 2 aromatic rings. The van der Waals surface area contributed by atoms with E-state index in [4.69, 9.17) is 0 Å². The zero-order chi connectivity index (χ0) is 23.1. The highest BCUT2D eigenvalue weighted by atomic mass is 32.2. The first kappa shape index (κ1) is 21.4. The number of rotatable bonds is 3. The number of alkyl halides is 3. The first-order chi connectivity index (χ1) is 14.9. The van der Waals surface area contributed by atoms with E-state index in [1.807, 2.05) is 0 Å². The fourth-order valence-corrected chi connectivity index (χ4v) is 7.10. The summed E-state index contributed by atoms with van der Waals surface area (Å²) in [5.74, 6) is -1.23. The molecule has 0 bridgehead atoms. The van der Waals surface area contributed by atoms with Crippen molar-refractivity contribution in [2.75, 3.05) is 13.1 Å². The minimum atomic E-state index is -4.53. The van der Waals surface area contributed by atoms with Gasteiger partial charge in [-0.15, -0.1) is 0 Å². The molecule has 3 heterocycles. The lowest BCUT2D eigenvalue weighted by molar-refractivity contribution is -0.144. The predicted octanol–water partition coefficient (Wildman–Crippen LogP) is 3.34. The Labute approximate surface area is 182 Å². The van der Waals surface area contributed by atoms with Crippen molar-refractivity contribution in [3.8, 4) is 0 Å². The molecule has 5 rings (SSSR count). The lowest BCUT2D eigenvalue weighted by Gasteiger charge is -2.61.